The van der Waals surface area contributed by atoms with Gasteiger partial charge in [0.2, 0.25) is 11.8 Å². The van der Waals surface area contributed by atoms with E-state index in [2.05, 4.69) is 5.32 Å². The van der Waals surface area contributed by atoms with Gasteiger partial charge in [-0.05, 0) is 42.3 Å². The molecule has 0 bridgehead atoms. The molecule has 132 valence electrons. The Balaban J connectivity index is 1.94. The average molecular weight is 383 g/mol. The fourth-order valence-corrected chi connectivity index (χ4v) is 2.65. The summed E-state index contributed by atoms with van der Waals surface area (Å²) in [5.41, 5.74) is 1.35. The maximum Gasteiger partial charge on any atom is 0.243 e. The van der Waals surface area contributed by atoms with Gasteiger partial charge in [0.05, 0.1) is 11.6 Å². The molecule has 0 saturated heterocycles. The minimum absolute atomic E-state index is 0.0813. The molecule has 0 spiro atoms. The minimum Gasteiger partial charge on any atom is -0.333 e. The third-order valence-corrected chi connectivity index (χ3v) is 4.07. The minimum atomic E-state index is -0.563. The van der Waals surface area contributed by atoms with Gasteiger partial charge in [-0.15, -0.1) is 0 Å². The molecule has 2 amide bonds. The second kappa shape index (κ2) is 8.83. The molecular formula is C18H17Cl2FN2O2. The van der Waals surface area contributed by atoms with Crippen molar-refractivity contribution in [2.45, 2.75) is 13.3 Å². The highest BCUT2D eigenvalue weighted by atomic mass is 35.5. The zero-order chi connectivity index (χ0) is 18.4. The standard InChI is InChI=1S/C18H17Cl2FN2O2/c1-12(24)23(8-7-13-3-2-4-14(19)9-13)11-18(25)22-15-5-6-17(21)16(20)10-15/h2-6,9-10H,7-8,11H2,1H3,(H,22,25). The van der Waals surface area contributed by atoms with E-state index in [0.717, 1.165) is 5.56 Å². The number of amides is 2. The van der Waals surface area contributed by atoms with Crippen molar-refractivity contribution in [3.05, 3.63) is 63.9 Å². The zero-order valence-corrected chi connectivity index (χ0v) is 15.1. The van der Waals surface area contributed by atoms with Crippen LogP contribution in [0.1, 0.15) is 12.5 Å². The molecule has 0 radical (unpaired) electrons. The molecule has 2 aromatic carbocycles. The van der Waals surface area contributed by atoms with E-state index in [-0.39, 0.29) is 23.4 Å². The van der Waals surface area contributed by atoms with Crippen LogP contribution >= 0.6 is 23.2 Å². The van der Waals surface area contributed by atoms with E-state index in [1.54, 1.807) is 6.07 Å². The van der Waals surface area contributed by atoms with Crippen LogP contribution in [-0.2, 0) is 16.0 Å². The summed E-state index contributed by atoms with van der Waals surface area (Å²) < 4.78 is 13.1. The van der Waals surface area contributed by atoms with Crippen LogP contribution in [-0.4, -0.2) is 29.8 Å². The van der Waals surface area contributed by atoms with E-state index in [9.17, 15) is 14.0 Å². The Morgan fingerprint density at radius 1 is 1.16 bits per heavy atom. The van der Waals surface area contributed by atoms with Crippen LogP contribution in [0.3, 0.4) is 0 Å². The van der Waals surface area contributed by atoms with Crippen LogP contribution in [0.2, 0.25) is 10.0 Å². The first kappa shape index (κ1) is 19.2. The van der Waals surface area contributed by atoms with Gasteiger partial charge < -0.3 is 10.2 Å². The second-order valence-corrected chi connectivity index (χ2v) is 6.34. The Morgan fingerprint density at radius 3 is 2.56 bits per heavy atom. The lowest BCUT2D eigenvalue weighted by Gasteiger charge is -2.20. The Morgan fingerprint density at radius 2 is 1.92 bits per heavy atom. The molecule has 0 aliphatic heterocycles. The molecule has 25 heavy (non-hydrogen) atoms. The summed E-state index contributed by atoms with van der Waals surface area (Å²) in [4.78, 5) is 25.3. The zero-order valence-electron chi connectivity index (χ0n) is 13.6. The van der Waals surface area contributed by atoms with Gasteiger partial charge in [0.15, 0.2) is 0 Å². The van der Waals surface area contributed by atoms with Crippen LogP contribution in [0, 0.1) is 5.82 Å². The molecule has 0 fully saturated rings. The molecule has 2 aromatic rings. The SMILES string of the molecule is CC(=O)N(CCc1cccc(Cl)c1)CC(=O)Nc1ccc(F)c(Cl)c1. The van der Waals surface area contributed by atoms with Gasteiger partial charge in [0.1, 0.15) is 5.82 Å². The summed E-state index contributed by atoms with van der Waals surface area (Å²) in [6.07, 6.45) is 0.579. The van der Waals surface area contributed by atoms with Crippen molar-refractivity contribution >= 4 is 40.7 Å². The highest BCUT2D eigenvalue weighted by Crippen LogP contribution is 2.19. The van der Waals surface area contributed by atoms with Crippen molar-refractivity contribution in [1.29, 1.82) is 0 Å². The van der Waals surface area contributed by atoms with E-state index in [1.165, 1.54) is 30.0 Å². The Hall–Kier alpha value is -2.11. The Bertz CT molecular complexity index is 783. The van der Waals surface area contributed by atoms with Crippen molar-refractivity contribution in [2.24, 2.45) is 0 Å². The van der Waals surface area contributed by atoms with Gasteiger partial charge in [0.25, 0.3) is 0 Å². The maximum atomic E-state index is 13.1. The number of hydrogen-bond donors (Lipinski definition) is 1. The highest BCUT2D eigenvalue weighted by Gasteiger charge is 2.14. The molecule has 0 heterocycles. The largest absolute Gasteiger partial charge is 0.333 e. The number of hydrogen-bond acceptors (Lipinski definition) is 2. The van der Waals surface area contributed by atoms with E-state index < -0.39 is 5.82 Å². The number of anilines is 1. The molecule has 0 aromatic heterocycles. The lowest BCUT2D eigenvalue weighted by atomic mass is 10.1. The Kier molecular flexibility index (Phi) is 6.79. The van der Waals surface area contributed by atoms with Gasteiger partial charge in [-0.2, -0.15) is 0 Å². The smallest absolute Gasteiger partial charge is 0.243 e. The van der Waals surface area contributed by atoms with E-state index >= 15 is 0 Å². The van der Waals surface area contributed by atoms with Crippen molar-refractivity contribution in [2.75, 3.05) is 18.4 Å². The number of carbonyl (C=O) groups excluding carboxylic acids is 2. The van der Waals surface area contributed by atoms with Crippen molar-refractivity contribution in [1.82, 2.24) is 4.90 Å². The summed E-state index contributed by atoms with van der Waals surface area (Å²) >= 11 is 11.6. The molecule has 0 atom stereocenters. The molecule has 0 saturated carbocycles. The number of carbonyl (C=O) groups is 2. The molecular weight excluding hydrogens is 366 g/mol. The van der Waals surface area contributed by atoms with E-state index in [1.807, 2.05) is 18.2 Å². The van der Waals surface area contributed by atoms with Crippen LogP contribution in [0.5, 0.6) is 0 Å². The lowest BCUT2D eigenvalue weighted by molar-refractivity contribution is -0.132. The van der Waals surface area contributed by atoms with E-state index in [0.29, 0.717) is 23.7 Å². The van der Waals surface area contributed by atoms with Gasteiger partial charge >= 0.3 is 0 Å². The number of rotatable bonds is 6. The summed E-state index contributed by atoms with van der Waals surface area (Å²) in [5.74, 6) is -1.16. The Labute approximate surface area is 155 Å². The van der Waals surface area contributed by atoms with Gasteiger partial charge in [-0.1, -0.05) is 35.3 Å². The average Bonchev–Trinajstić information content (AvgIpc) is 2.54. The second-order valence-electron chi connectivity index (χ2n) is 5.50. The fourth-order valence-electron chi connectivity index (χ4n) is 2.25. The molecule has 0 aliphatic carbocycles. The van der Waals surface area contributed by atoms with Crippen molar-refractivity contribution in [3.8, 4) is 0 Å². The van der Waals surface area contributed by atoms with Crippen molar-refractivity contribution < 1.29 is 14.0 Å². The molecule has 2 rings (SSSR count). The third kappa shape index (κ3) is 6.03. The molecule has 7 heteroatoms. The summed E-state index contributed by atoms with van der Waals surface area (Å²) in [6.45, 7) is 1.68. The van der Waals surface area contributed by atoms with Gasteiger partial charge in [0, 0.05) is 24.2 Å². The lowest BCUT2D eigenvalue weighted by Crippen LogP contribution is -2.38. The van der Waals surface area contributed by atoms with Crippen LogP contribution in [0.4, 0.5) is 10.1 Å². The van der Waals surface area contributed by atoms with Gasteiger partial charge in [-0.25, -0.2) is 4.39 Å². The van der Waals surface area contributed by atoms with Crippen LogP contribution < -0.4 is 5.32 Å². The van der Waals surface area contributed by atoms with E-state index in [4.69, 9.17) is 23.2 Å². The summed E-state index contributed by atoms with van der Waals surface area (Å²) in [5, 5.41) is 3.14. The van der Waals surface area contributed by atoms with Gasteiger partial charge in [-0.3, -0.25) is 9.59 Å². The number of nitrogens with one attached hydrogen (secondary N) is 1. The van der Waals surface area contributed by atoms with Crippen LogP contribution in [0.25, 0.3) is 0 Å². The van der Waals surface area contributed by atoms with Crippen molar-refractivity contribution in [3.63, 3.8) is 0 Å². The first-order valence-corrected chi connectivity index (χ1v) is 8.35. The topological polar surface area (TPSA) is 49.4 Å². The first-order valence-electron chi connectivity index (χ1n) is 7.60. The quantitative estimate of drug-likeness (QED) is 0.814. The molecule has 0 unspecified atom stereocenters. The monoisotopic (exact) mass is 382 g/mol. The first-order chi connectivity index (χ1) is 11.8. The molecule has 1 N–H and O–H groups in total. The number of halogens is 3. The third-order valence-electron chi connectivity index (χ3n) is 3.54. The number of benzene rings is 2. The predicted molar refractivity (Wildman–Crippen MR) is 97.4 cm³/mol. The maximum absolute atomic E-state index is 13.1. The summed E-state index contributed by atoms with van der Waals surface area (Å²) in [7, 11) is 0. The molecule has 4 nitrogen and oxygen atoms in total. The fraction of sp³-hybridized carbons (Fsp3) is 0.222. The van der Waals surface area contributed by atoms with Crippen LogP contribution in [0.15, 0.2) is 42.5 Å². The molecule has 0 aliphatic rings. The normalized spacial score (nSPS) is 10.4. The highest BCUT2D eigenvalue weighted by molar-refractivity contribution is 6.31. The predicted octanol–water partition coefficient (Wildman–Crippen LogP) is 4.16. The number of nitrogens with zero attached hydrogens (tertiary/aromatic N) is 1. The summed E-state index contributed by atoms with van der Waals surface area (Å²) in [6, 6.07) is 11.2.